The quantitative estimate of drug-likeness (QED) is 0.0586. The highest BCUT2D eigenvalue weighted by molar-refractivity contribution is 7.71. The van der Waals surface area contributed by atoms with Crippen molar-refractivity contribution in [3.63, 3.8) is 0 Å². The number of anilines is 1. The predicted octanol–water partition coefficient (Wildman–Crippen LogP) is 14.1. The number of aromatic nitrogens is 2. The molecule has 7 heteroatoms. The number of fused-ring (bicyclic) bond motifs is 2. The van der Waals surface area contributed by atoms with Crippen molar-refractivity contribution in [2.24, 2.45) is 14.1 Å². The van der Waals surface area contributed by atoms with E-state index in [2.05, 4.69) is 118 Å². The standard InChI is InChI=1S/C55H78N4O2S/c1-9-11-13-15-17-19-21-27-39-58-45-31-25-23-29-43(45)54(3,4)47(58)37-35-41-33-34-42(49(41)50-51(60)56(7)53(62)57(8)52(50)61)36-38-48-55(5,6)44-30-24-26-32-46(44)59(48)40-28-22-20-18-16-14-12-10-2/h23-26,29-32,35-37,48H,9-22,27-28,33-34,38-40H2,1-8H3/p+1. The molecule has 3 aliphatic rings. The van der Waals surface area contributed by atoms with Crippen molar-refractivity contribution in [3.05, 3.63) is 110 Å². The number of para-hydroxylation sites is 2. The van der Waals surface area contributed by atoms with Crippen LogP contribution in [0.4, 0.5) is 11.4 Å². The monoisotopic (exact) mass is 860 g/mol. The molecular formula is C55H79N4O2S+. The topological polar surface area (TPSA) is 53.4 Å². The van der Waals surface area contributed by atoms with Crippen LogP contribution < -0.4 is 10.5 Å². The molecule has 1 aromatic heterocycles. The van der Waals surface area contributed by atoms with E-state index < -0.39 is 0 Å². The lowest BCUT2D eigenvalue weighted by Gasteiger charge is -2.34. The Bertz CT molecular complexity index is 2270. The van der Waals surface area contributed by atoms with Crippen LogP contribution in [-0.4, -0.2) is 43.7 Å². The van der Waals surface area contributed by atoms with Crippen molar-refractivity contribution in [1.29, 1.82) is 0 Å². The molecule has 6 rings (SSSR count). The highest BCUT2D eigenvalue weighted by atomic mass is 32.1. The molecule has 0 saturated carbocycles. The van der Waals surface area contributed by atoms with Gasteiger partial charge in [0.25, 0.3) is 5.56 Å². The third-order valence-electron chi connectivity index (χ3n) is 14.6. The normalized spacial score (nSPS) is 18.5. The Kier molecular flexibility index (Phi) is 16.6. The molecule has 1 N–H and O–H groups in total. The van der Waals surface area contributed by atoms with Crippen molar-refractivity contribution >= 4 is 34.9 Å². The minimum atomic E-state index is -0.248. The molecule has 0 fully saturated rings. The average molecular weight is 860 g/mol. The van der Waals surface area contributed by atoms with Gasteiger partial charge in [-0.05, 0) is 86.5 Å². The van der Waals surface area contributed by atoms with E-state index in [0.29, 0.717) is 10.3 Å². The van der Waals surface area contributed by atoms with E-state index in [1.165, 1.54) is 129 Å². The second kappa shape index (κ2) is 21.6. The molecule has 2 aliphatic heterocycles. The number of unbranched alkanes of at least 4 members (excludes halogenated alkanes) is 14. The van der Waals surface area contributed by atoms with E-state index >= 15 is 0 Å². The summed E-state index contributed by atoms with van der Waals surface area (Å²) in [6, 6.07) is 18.2. The average Bonchev–Trinajstić information content (AvgIpc) is 3.83. The maximum absolute atomic E-state index is 14.3. The van der Waals surface area contributed by atoms with Crippen molar-refractivity contribution in [1.82, 2.24) is 9.13 Å². The molecule has 1 atom stereocenters. The van der Waals surface area contributed by atoms with Crippen LogP contribution in [0.2, 0.25) is 0 Å². The van der Waals surface area contributed by atoms with Crippen LogP contribution in [0.3, 0.4) is 0 Å². The van der Waals surface area contributed by atoms with Gasteiger partial charge in [-0.25, -0.2) is 0 Å². The number of hydrogen-bond acceptors (Lipinski definition) is 4. The Balaban J connectivity index is 1.34. The summed E-state index contributed by atoms with van der Waals surface area (Å²) in [5.74, 6) is -0.0608. The van der Waals surface area contributed by atoms with Crippen LogP contribution in [0, 0.1) is 4.77 Å². The highest BCUT2D eigenvalue weighted by Crippen LogP contribution is 2.48. The van der Waals surface area contributed by atoms with Gasteiger partial charge in [-0.2, -0.15) is 4.58 Å². The van der Waals surface area contributed by atoms with E-state index in [1.807, 2.05) is 0 Å². The first kappa shape index (κ1) is 47.5. The first-order chi connectivity index (χ1) is 29.9. The SMILES string of the molecule is CCCCCCCCCCN1c2ccccc2C(C)(C)C1CC=C1CCC(C=CC2=[N+](CCCCCCCCCC)c3ccccc3C2(C)C)=C1c1c(O)n(C)c(=S)n(C)c1=O. The van der Waals surface area contributed by atoms with Gasteiger partial charge in [0.2, 0.25) is 11.6 Å². The Morgan fingerprint density at radius 1 is 0.742 bits per heavy atom. The van der Waals surface area contributed by atoms with Crippen molar-refractivity contribution in [2.45, 2.75) is 180 Å². The molecular weight excluding hydrogens is 781 g/mol. The molecule has 0 radical (unpaired) electrons. The fraction of sp³-hybridized carbons (Fsp3) is 0.582. The molecule has 0 amide bonds. The summed E-state index contributed by atoms with van der Waals surface area (Å²) in [5, 5.41) is 11.8. The van der Waals surface area contributed by atoms with Gasteiger partial charge in [-0.1, -0.05) is 160 Å². The van der Waals surface area contributed by atoms with E-state index in [0.717, 1.165) is 55.5 Å². The lowest BCUT2D eigenvalue weighted by atomic mass is 9.78. The molecule has 336 valence electrons. The molecule has 62 heavy (non-hydrogen) atoms. The van der Waals surface area contributed by atoms with E-state index in [-0.39, 0.29) is 28.3 Å². The number of allylic oxidation sites excluding steroid dienone is 5. The Hall–Kier alpha value is -3.97. The van der Waals surface area contributed by atoms with Crippen LogP contribution in [0.15, 0.2) is 82.7 Å². The Morgan fingerprint density at radius 3 is 1.98 bits per heavy atom. The van der Waals surface area contributed by atoms with Gasteiger partial charge in [0, 0.05) is 61.9 Å². The third-order valence-corrected chi connectivity index (χ3v) is 15.2. The molecule has 0 saturated heterocycles. The van der Waals surface area contributed by atoms with E-state index in [1.54, 1.807) is 18.7 Å². The molecule has 3 aromatic rings. The third kappa shape index (κ3) is 10.2. The largest absolute Gasteiger partial charge is 0.494 e. The second-order valence-electron chi connectivity index (χ2n) is 19.7. The molecule has 3 heterocycles. The van der Waals surface area contributed by atoms with Crippen molar-refractivity contribution < 1.29 is 9.68 Å². The summed E-state index contributed by atoms with van der Waals surface area (Å²) in [6.07, 6.45) is 30.3. The number of benzene rings is 2. The lowest BCUT2D eigenvalue weighted by Crippen LogP contribution is -2.41. The van der Waals surface area contributed by atoms with Gasteiger partial charge in [0.15, 0.2) is 10.5 Å². The number of nitrogens with zero attached hydrogens (tertiary/aromatic N) is 4. The Morgan fingerprint density at radius 2 is 1.32 bits per heavy atom. The van der Waals surface area contributed by atoms with Gasteiger partial charge in [0.05, 0.1) is 5.41 Å². The first-order valence-corrected chi connectivity index (χ1v) is 25.0. The fourth-order valence-corrected chi connectivity index (χ4v) is 11.0. The smallest absolute Gasteiger partial charge is 0.265 e. The number of rotatable bonds is 23. The molecule has 1 unspecified atom stereocenters. The van der Waals surface area contributed by atoms with Crippen molar-refractivity contribution in [3.8, 4) is 5.88 Å². The van der Waals surface area contributed by atoms with E-state index in [9.17, 15) is 9.90 Å². The van der Waals surface area contributed by atoms with Crippen LogP contribution in [-0.2, 0) is 24.9 Å². The fourth-order valence-electron chi connectivity index (χ4n) is 10.8. The minimum absolute atomic E-state index is 0.0497. The number of aromatic hydroxyl groups is 1. The molecule has 0 spiro atoms. The summed E-state index contributed by atoms with van der Waals surface area (Å²) >= 11 is 5.61. The van der Waals surface area contributed by atoms with Crippen LogP contribution in [0.5, 0.6) is 5.88 Å². The van der Waals surface area contributed by atoms with Crippen LogP contribution in [0.1, 0.15) is 180 Å². The maximum atomic E-state index is 14.3. The summed E-state index contributed by atoms with van der Waals surface area (Å²) in [6.45, 7) is 16.1. The van der Waals surface area contributed by atoms with Crippen LogP contribution in [0.25, 0.3) is 5.57 Å². The lowest BCUT2D eigenvalue weighted by molar-refractivity contribution is -0.438. The first-order valence-electron chi connectivity index (χ1n) is 24.6. The molecule has 2 aromatic carbocycles. The molecule has 1 aliphatic carbocycles. The van der Waals surface area contributed by atoms with Gasteiger partial charge >= 0.3 is 0 Å². The maximum Gasteiger partial charge on any atom is 0.265 e. The van der Waals surface area contributed by atoms with Gasteiger partial charge in [-0.3, -0.25) is 13.9 Å². The summed E-state index contributed by atoms with van der Waals surface area (Å²) in [7, 11) is 3.48. The van der Waals surface area contributed by atoms with Crippen LogP contribution >= 0.6 is 12.2 Å². The minimum Gasteiger partial charge on any atom is -0.494 e. The van der Waals surface area contributed by atoms with Gasteiger partial charge in [-0.15, -0.1) is 0 Å². The van der Waals surface area contributed by atoms with Gasteiger partial charge in [0.1, 0.15) is 12.1 Å². The number of hydrogen-bond donors (Lipinski definition) is 1. The van der Waals surface area contributed by atoms with Gasteiger partial charge < -0.3 is 10.0 Å². The summed E-state index contributed by atoms with van der Waals surface area (Å²) in [5.41, 5.74) is 9.72. The van der Waals surface area contributed by atoms with Crippen molar-refractivity contribution in [2.75, 3.05) is 18.0 Å². The zero-order valence-corrected chi connectivity index (χ0v) is 40.6. The zero-order chi connectivity index (χ0) is 44.4. The summed E-state index contributed by atoms with van der Waals surface area (Å²) in [4.78, 5) is 17.0. The molecule has 0 bridgehead atoms. The second-order valence-corrected chi connectivity index (χ2v) is 20.0. The highest BCUT2D eigenvalue weighted by Gasteiger charge is 2.45. The Labute approximate surface area is 380 Å². The molecule has 6 nitrogen and oxygen atoms in total. The van der Waals surface area contributed by atoms with E-state index in [4.69, 9.17) is 12.2 Å². The summed E-state index contributed by atoms with van der Waals surface area (Å²) < 4.78 is 5.94. The predicted molar refractivity (Wildman–Crippen MR) is 266 cm³/mol. The zero-order valence-electron chi connectivity index (χ0n) is 39.8.